The fourth-order valence-electron chi connectivity index (χ4n) is 2.65. The smallest absolute Gasteiger partial charge is 0.257 e. The molecule has 0 saturated heterocycles. The molecule has 6 heteroatoms. The molecule has 2 aromatic heterocycles. The van der Waals surface area contributed by atoms with E-state index in [2.05, 4.69) is 9.55 Å². The van der Waals surface area contributed by atoms with Crippen LogP contribution < -0.4 is 0 Å². The van der Waals surface area contributed by atoms with Gasteiger partial charge in [0.15, 0.2) is 0 Å². The minimum absolute atomic E-state index is 0.0196. The highest BCUT2D eigenvalue weighted by molar-refractivity contribution is 5.94. The Morgan fingerprint density at radius 2 is 2.40 bits per heavy atom. The van der Waals surface area contributed by atoms with Crippen molar-refractivity contribution in [2.24, 2.45) is 0 Å². The average molecular weight is 275 g/mol. The highest BCUT2D eigenvalue weighted by Gasteiger charge is 2.31. The first-order chi connectivity index (χ1) is 9.72. The van der Waals surface area contributed by atoms with Crippen LogP contribution in [-0.4, -0.2) is 34.0 Å². The quantitative estimate of drug-likeness (QED) is 0.857. The van der Waals surface area contributed by atoms with Crippen LogP contribution in [0.5, 0.6) is 0 Å². The van der Waals surface area contributed by atoms with Gasteiger partial charge in [-0.3, -0.25) is 4.79 Å². The van der Waals surface area contributed by atoms with Gasteiger partial charge < -0.3 is 18.6 Å². The van der Waals surface area contributed by atoms with E-state index in [4.69, 9.17) is 9.15 Å². The van der Waals surface area contributed by atoms with E-state index in [-0.39, 0.29) is 11.9 Å². The van der Waals surface area contributed by atoms with E-state index in [1.54, 1.807) is 13.2 Å². The number of amides is 1. The predicted molar refractivity (Wildman–Crippen MR) is 71.1 cm³/mol. The van der Waals surface area contributed by atoms with Crippen molar-refractivity contribution >= 4 is 5.91 Å². The molecule has 0 N–H and O–H groups in total. The second kappa shape index (κ2) is 5.13. The fourth-order valence-corrected chi connectivity index (χ4v) is 2.65. The normalized spacial score (nSPS) is 18.1. The third kappa shape index (κ3) is 2.02. The average Bonchev–Trinajstić information content (AvgIpc) is 3.09. The molecule has 20 heavy (non-hydrogen) atoms. The number of ether oxygens (including phenoxy) is 1. The number of hydrogen-bond donors (Lipinski definition) is 0. The summed E-state index contributed by atoms with van der Waals surface area (Å²) in [5.74, 6) is 0.883. The van der Waals surface area contributed by atoms with Gasteiger partial charge in [-0.05, 0) is 13.0 Å². The molecule has 2 aromatic rings. The number of furan rings is 1. The van der Waals surface area contributed by atoms with Crippen molar-refractivity contribution < 1.29 is 13.9 Å². The number of methoxy groups -OCH3 is 1. The van der Waals surface area contributed by atoms with Crippen LogP contribution in [-0.2, 0) is 17.9 Å². The zero-order valence-corrected chi connectivity index (χ0v) is 11.6. The van der Waals surface area contributed by atoms with Gasteiger partial charge in [0.05, 0.1) is 36.4 Å². The molecule has 0 fully saturated rings. The highest BCUT2D eigenvalue weighted by atomic mass is 16.5. The molecule has 3 heterocycles. The number of rotatable bonds is 3. The Hall–Kier alpha value is -2.08. The fraction of sp³-hybridized carbons (Fsp3) is 0.429. The summed E-state index contributed by atoms with van der Waals surface area (Å²) in [7, 11) is 1.67. The van der Waals surface area contributed by atoms with E-state index in [0.29, 0.717) is 18.7 Å². The molecule has 0 spiro atoms. The molecule has 0 aliphatic carbocycles. The van der Waals surface area contributed by atoms with Crippen LogP contribution >= 0.6 is 0 Å². The van der Waals surface area contributed by atoms with E-state index in [1.165, 1.54) is 12.5 Å². The van der Waals surface area contributed by atoms with E-state index in [1.807, 2.05) is 18.0 Å². The molecule has 0 saturated carbocycles. The summed E-state index contributed by atoms with van der Waals surface area (Å²) in [4.78, 5) is 18.7. The van der Waals surface area contributed by atoms with Gasteiger partial charge in [-0.25, -0.2) is 4.98 Å². The number of carbonyl (C=O) groups is 1. The third-order valence-corrected chi connectivity index (χ3v) is 3.70. The van der Waals surface area contributed by atoms with Gasteiger partial charge in [0, 0.05) is 20.2 Å². The Bertz CT molecular complexity index is 603. The van der Waals surface area contributed by atoms with Crippen molar-refractivity contribution in [3.63, 3.8) is 0 Å². The lowest BCUT2D eigenvalue weighted by atomic mass is 10.1. The Labute approximate surface area is 117 Å². The largest absolute Gasteiger partial charge is 0.472 e. The van der Waals surface area contributed by atoms with Crippen LogP contribution in [0, 0.1) is 0 Å². The molecular formula is C14H17N3O3. The highest BCUT2D eigenvalue weighted by Crippen LogP contribution is 2.27. The van der Waals surface area contributed by atoms with Gasteiger partial charge in [-0.15, -0.1) is 0 Å². The van der Waals surface area contributed by atoms with E-state index in [9.17, 15) is 4.79 Å². The van der Waals surface area contributed by atoms with Gasteiger partial charge in [-0.2, -0.15) is 0 Å². The lowest BCUT2D eigenvalue weighted by Crippen LogP contribution is -2.41. The molecule has 3 rings (SSSR count). The van der Waals surface area contributed by atoms with Crippen LogP contribution in [0.15, 0.2) is 29.2 Å². The Morgan fingerprint density at radius 3 is 3.10 bits per heavy atom. The van der Waals surface area contributed by atoms with Gasteiger partial charge >= 0.3 is 0 Å². The summed E-state index contributed by atoms with van der Waals surface area (Å²) < 4.78 is 12.3. The number of fused-ring (bicyclic) bond motifs is 1. The van der Waals surface area contributed by atoms with Crippen molar-refractivity contribution in [3.8, 4) is 0 Å². The molecule has 1 amide bonds. The van der Waals surface area contributed by atoms with Crippen LogP contribution in [0.1, 0.15) is 34.8 Å². The summed E-state index contributed by atoms with van der Waals surface area (Å²) in [6.45, 7) is 3.93. The van der Waals surface area contributed by atoms with Crippen molar-refractivity contribution in [1.29, 1.82) is 0 Å². The molecular weight excluding hydrogens is 258 g/mol. The number of hydrogen-bond acceptors (Lipinski definition) is 4. The monoisotopic (exact) mass is 275 g/mol. The summed E-state index contributed by atoms with van der Waals surface area (Å²) in [6, 6.07) is 1.63. The first-order valence-corrected chi connectivity index (χ1v) is 6.58. The molecule has 1 aliphatic heterocycles. The molecule has 1 atom stereocenters. The molecule has 0 aromatic carbocycles. The minimum atomic E-state index is -0.0586. The summed E-state index contributed by atoms with van der Waals surface area (Å²) in [6.07, 6.45) is 4.81. The third-order valence-electron chi connectivity index (χ3n) is 3.70. The molecule has 1 aliphatic rings. The molecule has 6 nitrogen and oxygen atoms in total. The maximum Gasteiger partial charge on any atom is 0.257 e. The minimum Gasteiger partial charge on any atom is -0.472 e. The summed E-state index contributed by atoms with van der Waals surface area (Å²) >= 11 is 0. The van der Waals surface area contributed by atoms with Crippen LogP contribution in [0.4, 0.5) is 0 Å². The standard InChI is InChI=1S/C14H17N3O3/c1-10-13-15-7-12(9-19-2)17(13)5-4-16(10)14(18)11-3-6-20-8-11/h3,6-8,10H,4-5,9H2,1-2H3/t10-/m1/s1. The number of aromatic nitrogens is 2. The van der Waals surface area contributed by atoms with Crippen LogP contribution in [0.3, 0.4) is 0 Å². The van der Waals surface area contributed by atoms with E-state index >= 15 is 0 Å². The molecule has 106 valence electrons. The second-order valence-electron chi connectivity index (χ2n) is 4.88. The molecule has 0 unspecified atom stereocenters. The van der Waals surface area contributed by atoms with Crippen molar-refractivity contribution in [1.82, 2.24) is 14.5 Å². The number of nitrogens with zero attached hydrogens (tertiary/aromatic N) is 3. The van der Waals surface area contributed by atoms with Gasteiger partial charge in [0.2, 0.25) is 0 Å². The second-order valence-corrected chi connectivity index (χ2v) is 4.88. The van der Waals surface area contributed by atoms with Crippen molar-refractivity contribution in [3.05, 3.63) is 41.9 Å². The van der Waals surface area contributed by atoms with Gasteiger partial charge in [0.1, 0.15) is 12.1 Å². The van der Waals surface area contributed by atoms with Gasteiger partial charge in [0.25, 0.3) is 5.91 Å². The molecule has 0 bridgehead atoms. The van der Waals surface area contributed by atoms with E-state index in [0.717, 1.165) is 18.1 Å². The first kappa shape index (κ1) is 12.9. The Balaban J connectivity index is 1.86. The SMILES string of the molecule is COCc1cnc2n1CCN(C(=O)c1ccoc1)[C@@H]2C. The number of carbonyl (C=O) groups excluding carboxylic acids is 1. The first-order valence-electron chi connectivity index (χ1n) is 6.58. The van der Waals surface area contributed by atoms with Crippen LogP contribution in [0.25, 0.3) is 0 Å². The van der Waals surface area contributed by atoms with E-state index < -0.39 is 0 Å². The Morgan fingerprint density at radius 1 is 1.55 bits per heavy atom. The van der Waals surface area contributed by atoms with Crippen molar-refractivity contribution in [2.45, 2.75) is 26.1 Å². The zero-order valence-electron chi connectivity index (χ0n) is 11.6. The summed E-state index contributed by atoms with van der Waals surface area (Å²) in [5, 5.41) is 0. The lowest BCUT2D eigenvalue weighted by Gasteiger charge is -2.34. The number of imidazole rings is 1. The summed E-state index contributed by atoms with van der Waals surface area (Å²) in [5.41, 5.74) is 1.62. The van der Waals surface area contributed by atoms with Crippen LogP contribution in [0.2, 0.25) is 0 Å². The lowest BCUT2D eigenvalue weighted by molar-refractivity contribution is 0.0632. The maximum absolute atomic E-state index is 12.4. The molecule has 0 radical (unpaired) electrons. The maximum atomic E-state index is 12.4. The Kier molecular flexibility index (Phi) is 3.31. The van der Waals surface area contributed by atoms with Crippen molar-refractivity contribution in [2.75, 3.05) is 13.7 Å². The zero-order chi connectivity index (χ0) is 14.1. The topological polar surface area (TPSA) is 60.5 Å². The predicted octanol–water partition coefficient (Wildman–Crippen LogP) is 1.84. The van der Waals surface area contributed by atoms with Gasteiger partial charge in [-0.1, -0.05) is 0 Å².